The van der Waals surface area contributed by atoms with Crippen LogP contribution in [-0.2, 0) is 11.3 Å². The molecule has 0 aliphatic heterocycles. The third kappa shape index (κ3) is 2.19. The summed E-state index contributed by atoms with van der Waals surface area (Å²) in [5.41, 5.74) is 1.29. The van der Waals surface area contributed by atoms with Crippen LogP contribution < -0.4 is 5.43 Å². The van der Waals surface area contributed by atoms with Crippen LogP contribution in [0.3, 0.4) is 0 Å². The van der Waals surface area contributed by atoms with E-state index < -0.39 is 5.97 Å². The highest BCUT2D eigenvalue weighted by Crippen LogP contribution is 2.27. The molecule has 4 nitrogen and oxygen atoms in total. The lowest BCUT2D eigenvalue weighted by atomic mass is 10.1. The third-order valence-electron chi connectivity index (χ3n) is 3.47. The van der Waals surface area contributed by atoms with E-state index in [1.54, 1.807) is 28.8 Å². The molecule has 0 spiro atoms. The molecule has 0 aliphatic rings. The van der Waals surface area contributed by atoms with Gasteiger partial charge < -0.3 is 9.67 Å². The number of fused-ring (bicyclic) bond motifs is 2. The third-order valence-corrected chi connectivity index (χ3v) is 4.24. The van der Waals surface area contributed by atoms with Crippen molar-refractivity contribution in [3.05, 3.63) is 52.7 Å². The maximum absolute atomic E-state index is 12.6. The number of nitrogens with zero attached hydrogens (tertiary/aromatic N) is 1. The first kappa shape index (κ1) is 13.7. The average molecular weight is 299 g/mol. The normalized spacial score (nSPS) is 11.1. The van der Waals surface area contributed by atoms with Gasteiger partial charge in [0, 0.05) is 15.7 Å². The smallest absolute Gasteiger partial charge is 0.323 e. The van der Waals surface area contributed by atoms with Gasteiger partial charge in [0.15, 0.2) is 5.43 Å². The minimum atomic E-state index is -0.930. The van der Waals surface area contributed by atoms with E-state index in [2.05, 4.69) is 0 Å². The zero-order valence-corrected chi connectivity index (χ0v) is 12.2. The Kier molecular flexibility index (Phi) is 3.43. The summed E-state index contributed by atoms with van der Waals surface area (Å²) in [4.78, 5) is 24.8. The number of carbonyl (C=O) groups is 1. The second-order valence-corrected chi connectivity index (χ2v) is 5.53. The van der Waals surface area contributed by atoms with Crippen molar-refractivity contribution in [3.8, 4) is 0 Å². The molecule has 1 N–H and O–H groups in total. The maximum atomic E-state index is 12.6. The number of aromatic nitrogens is 1. The Morgan fingerprint density at radius 1 is 1.14 bits per heavy atom. The quantitative estimate of drug-likeness (QED) is 0.596. The lowest BCUT2D eigenvalue weighted by molar-refractivity contribution is -0.137. The van der Waals surface area contributed by atoms with Crippen LogP contribution in [0.2, 0.25) is 0 Å². The fourth-order valence-corrected chi connectivity index (χ4v) is 3.24. The van der Waals surface area contributed by atoms with Gasteiger partial charge in [0.1, 0.15) is 6.54 Å². The first-order valence-corrected chi connectivity index (χ1v) is 7.66. The lowest BCUT2D eigenvalue weighted by Crippen LogP contribution is -2.16. The average Bonchev–Trinajstić information content (AvgIpc) is 2.50. The topological polar surface area (TPSA) is 59.3 Å². The molecule has 0 saturated heterocycles. The molecule has 0 saturated carbocycles. The monoisotopic (exact) mass is 299 g/mol. The Morgan fingerprint density at radius 3 is 2.57 bits per heavy atom. The van der Waals surface area contributed by atoms with Crippen molar-refractivity contribution in [1.82, 2.24) is 4.57 Å². The first-order valence-electron chi connectivity index (χ1n) is 6.43. The Labute approximate surface area is 125 Å². The van der Waals surface area contributed by atoms with E-state index in [1.807, 2.05) is 24.5 Å². The van der Waals surface area contributed by atoms with Gasteiger partial charge in [0.2, 0.25) is 0 Å². The van der Waals surface area contributed by atoms with Crippen molar-refractivity contribution < 1.29 is 9.90 Å². The standard InChI is InChI=1S/C16H13NO3S/c1-21-13-8-4-6-11-15(13)17(9-14(18)19)12-7-3-2-5-10(12)16(11)20/h2-8H,9H2,1H3,(H,18,19). The molecule has 0 aliphatic carbocycles. The summed E-state index contributed by atoms with van der Waals surface area (Å²) in [6.45, 7) is -0.172. The van der Waals surface area contributed by atoms with Gasteiger partial charge in [-0.2, -0.15) is 0 Å². The van der Waals surface area contributed by atoms with Crippen LogP contribution in [0.1, 0.15) is 0 Å². The van der Waals surface area contributed by atoms with Crippen molar-refractivity contribution in [2.24, 2.45) is 0 Å². The Morgan fingerprint density at radius 2 is 1.86 bits per heavy atom. The van der Waals surface area contributed by atoms with Crippen LogP contribution >= 0.6 is 11.8 Å². The minimum absolute atomic E-state index is 0.0573. The number of thioether (sulfide) groups is 1. The summed E-state index contributed by atoms with van der Waals surface area (Å²) < 4.78 is 1.71. The number of para-hydroxylation sites is 2. The number of carboxylic acid groups (broad SMARTS) is 1. The molecule has 0 atom stereocenters. The fourth-order valence-electron chi connectivity index (χ4n) is 2.61. The second kappa shape index (κ2) is 5.26. The van der Waals surface area contributed by atoms with Crippen LogP contribution in [-0.4, -0.2) is 21.9 Å². The van der Waals surface area contributed by atoms with E-state index >= 15 is 0 Å². The molecule has 5 heteroatoms. The van der Waals surface area contributed by atoms with E-state index in [4.69, 9.17) is 0 Å². The van der Waals surface area contributed by atoms with Gasteiger partial charge in [-0.3, -0.25) is 9.59 Å². The van der Waals surface area contributed by atoms with E-state index in [-0.39, 0.29) is 12.0 Å². The molecule has 1 heterocycles. The summed E-state index contributed by atoms with van der Waals surface area (Å²) in [7, 11) is 0. The molecule has 2 aromatic carbocycles. The SMILES string of the molecule is CSc1cccc2c(=O)c3ccccc3n(CC(=O)O)c12. The van der Waals surface area contributed by atoms with Crippen LogP contribution in [0, 0.1) is 0 Å². The summed E-state index contributed by atoms with van der Waals surface area (Å²) in [5, 5.41) is 10.3. The highest BCUT2D eigenvalue weighted by molar-refractivity contribution is 7.98. The molecule has 106 valence electrons. The predicted molar refractivity (Wildman–Crippen MR) is 85.1 cm³/mol. The summed E-state index contributed by atoms with van der Waals surface area (Å²) in [6.07, 6.45) is 1.92. The molecule has 3 rings (SSSR count). The molecule has 3 aromatic rings. The Balaban J connectivity index is 2.59. The molecule has 0 bridgehead atoms. The molecular formula is C16H13NO3S. The van der Waals surface area contributed by atoms with Gasteiger partial charge in [-0.25, -0.2) is 0 Å². The van der Waals surface area contributed by atoms with Crippen molar-refractivity contribution in [2.45, 2.75) is 11.4 Å². The number of rotatable bonds is 3. The zero-order valence-electron chi connectivity index (χ0n) is 11.4. The molecular weight excluding hydrogens is 286 g/mol. The van der Waals surface area contributed by atoms with Crippen molar-refractivity contribution >= 4 is 39.5 Å². The molecule has 0 unspecified atom stereocenters. The summed E-state index contributed by atoms with van der Waals surface area (Å²) in [5.74, 6) is -0.930. The Bertz CT molecular complexity index is 914. The number of carboxylic acids is 1. The minimum Gasteiger partial charge on any atom is -0.480 e. The number of hydrogen-bond donors (Lipinski definition) is 1. The summed E-state index contributed by atoms with van der Waals surface area (Å²) >= 11 is 1.50. The van der Waals surface area contributed by atoms with Gasteiger partial charge in [-0.05, 0) is 30.5 Å². The van der Waals surface area contributed by atoms with Crippen molar-refractivity contribution in [2.75, 3.05) is 6.26 Å². The second-order valence-electron chi connectivity index (χ2n) is 4.68. The van der Waals surface area contributed by atoms with Crippen LogP contribution in [0.4, 0.5) is 0 Å². The number of hydrogen-bond acceptors (Lipinski definition) is 3. The maximum Gasteiger partial charge on any atom is 0.323 e. The zero-order chi connectivity index (χ0) is 15.0. The highest BCUT2D eigenvalue weighted by atomic mass is 32.2. The number of benzene rings is 2. The number of pyridine rings is 1. The first-order chi connectivity index (χ1) is 10.1. The van der Waals surface area contributed by atoms with Gasteiger partial charge in [-0.15, -0.1) is 11.8 Å². The van der Waals surface area contributed by atoms with E-state index in [0.717, 1.165) is 4.90 Å². The van der Waals surface area contributed by atoms with E-state index in [0.29, 0.717) is 21.8 Å². The van der Waals surface area contributed by atoms with Crippen LogP contribution in [0.5, 0.6) is 0 Å². The van der Waals surface area contributed by atoms with Crippen molar-refractivity contribution in [3.63, 3.8) is 0 Å². The molecule has 0 amide bonds. The van der Waals surface area contributed by atoms with E-state index in [1.165, 1.54) is 11.8 Å². The lowest BCUT2D eigenvalue weighted by Gasteiger charge is -2.15. The Hall–Kier alpha value is -2.27. The largest absolute Gasteiger partial charge is 0.480 e. The van der Waals surface area contributed by atoms with Gasteiger partial charge in [0.05, 0.1) is 11.0 Å². The number of aliphatic carboxylic acids is 1. The van der Waals surface area contributed by atoms with Gasteiger partial charge in [0.25, 0.3) is 0 Å². The van der Waals surface area contributed by atoms with Crippen molar-refractivity contribution in [1.29, 1.82) is 0 Å². The van der Waals surface area contributed by atoms with Gasteiger partial charge >= 0.3 is 5.97 Å². The molecule has 0 radical (unpaired) electrons. The van der Waals surface area contributed by atoms with Crippen LogP contribution in [0.25, 0.3) is 21.8 Å². The predicted octanol–water partition coefficient (Wildman–Crippen LogP) is 2.96. The summed E-state index contributed by atoms with van der Waals surface area (Å²) in [6, 6.07) is 12.6. The molecule has 0 fully saturated rings. The molecule has 1 aromatic heterocycles. The fraction of sp³-hybridized carbons (Fsp3) is 0.125. The highest BCUT2D eigenvalue weighted by Gasteiger charge is 2.14. The van der Waals surface area contributed by atoms with E-state index in [9.17, 15) is 14.7 Å². The van der Waals surface area contributed by atoms with Gasteiger partial charge in [-0.1, -0.05) is 18.2 Å². The van der Waals surface area contributed by atoms with Crippen LogP contribution in [0.15, 0.2) is 52.2 Å². The molecule has 21 heavy (non-hydrogen) atoms.